The first-order chi connectivity index (χ1) is 8.49. The molecular formula is C14H16N2O2. The summed E-state index contributed by atoms with van der Waals surface area (Å²) in [6.45, 7) is 6.28. The molecule has 0 amide bonds. The van der Waals surface area contributed by atoms with Crippen LogP contribution < -0.4 is 0 Å². The van der Waals surface area contributed by atoms with Crippen LogP contribution in [0.5, 0.6) is 0 Å². The molecule has 18 heavy (non-hydrogen) atoms. The van der Waals surface area contributed by atoms with Crippen molar-refractivity contribution < 1.29 is 4.92 Å². The minimum atomic E-state index is -0.308. The molecule has 2 rings (SSSR count). The van der Waals surface area contributed by atoms with Gasteiger partial charge in [0.25, 0.3) is 5.69 Å². The van der Waals surface area contributed by atoms with E-state index in [1.807, 2.05) is 35.9 Å². The maximum atomic E-state index is 11.0. The van der Waals surface area contributed by atoms with Crippen LogP contribution >= 0.6 is 0 Å². The number of nitrogens with zero attached hydrogens (tertiary/aromatic N) is 2. The van der Waals surface area contributed by atoms with Gasteiger partial charge in [-0.25, -0.2) is 0 Å². The van der Waals surface area contributed by atoms with Gasteiger partial charge in [0, 0.05) is 18.3 Å². The largest absolute Gasteiger partial charge is 0.341 e. The highest BCUT2D eigenvalue weighted by Crippen LogP contribution is 2.25. The molecule has 0 atom stereocenters. The fraction of sp³-hybridized carbons (Fsp3) is 0.286. The van der Waals surface area contributed by atoms with Crippen molar-refractivity contribution in [2.75, 3.05) is 0 Å². The predicted molar refractivity (Wildman–Crippen MR) is 70.8 cm³/mol. The van der Waals surface area contributed by atoms with Gasteiger partial charge >= 0.3 is 0 Å². The van der Waals surface area contributed by atoms with Crippen LogP contribution in [0.1, 0.15) is 22.4 Å². The second kappa shape index (κ2) is 4.64. The van der Waals surface area contributed by atoms with E-state index in [1.54, 1.807) is 13.8 Å². The molecule has 4 heteroatoms. The highest BCUT2D eigenvalue weighted by Gasteiger charge is 2.19. The molecule has 2 aromatic rings. The summed E-state index contributed by atoms with van der Waals surface area (Å²) in [5.41, 5.74) is 4.00. The first-order valence-corrected chi connectivity index (χ1v) is 5.85. The Morgan fingerprint density at radius 2 is 2.00 bits per heavy atom. The maximum absolute atomic E-state index is 11.0. The van der Waals surface area contributed by atoms with Gasteiger partial charge in [-0.05, 0) is 26.3 Å². The van der Waals surface area contributed by atoms with Crippen LogP contribution in [0.3, 0.4) is 0 Å². The normalized spacial score (nSPS) is 10.6. The molecule has 0 spiro atoms. The number of nitro groups is 1. The quantitative estimate of drug-likeness (QED) is 0.614. The summed E-state index contributed by atoms with van der Waals surface area (Å²) in [4.78, 5) is 10.6. The molecule has 94 valence electrons. The lowest BCUT2D eigenvalue weighted by Crippen LogP contribution is -2.01. The maximum Gasteiger partial charge on any atom is 0.292 e. The molecular weight excluding hydrogens is 228 g/mol. The van der Waals surface area contributed by atoms with E-state index in [4.69, 9.17) is 0 Å². The Bertz CT molecular complexity index is 600. The van der Waals surface area contributed by atoms with Crippen molar-refractivity contribution in [3.05, 3.63) is 63.0 Å². The van der Waals surface area contributed by atoms with Crippen molar-refractivity contribution in [2.45, 2.75) is 27.3 Å². The zero-order valence-electron chi connectivity index (χ0n) is 10.8. The second-order valence-electron chi connectivity index (χ2n) is 4.62. The summed E-state index contributed by atoms with van der Waals surface area (Å²) < 4.78 is 1.93. The smallest absolute Gasteiger partial charge is 0.292 e. The number of benzene rings is 1. The lowest BCUT2D eigenvalue weighted by Gasteiger charge is -2.06. The number of rotatable bonds is 3. The highest BCUT2D eigenvalue weighted by molar-refractivity contribution is 5.44. The average molecular weight is 244 g/mol. The van der Waals surface area contributed by atoms with Gasteiger partial charge in [0.05, 0.1) is 10.6 Å². The van der Waals surface area contributed by atoms with Crippen LogP contribution in [0, 0.1) is 30.9 Å². The van der Waals surface area contributed by atoms with Crippen molar-refractivity contribution in [3.8, 4) is 0 Å². The molecule has 1 aromatic carbocycles. The Morgan fingerprint density at radius 1 is 1.28 bits per heavy atom. The SMILES string of the molecule is Cc1cccc(Cn2cc(C)c([N+](=O)[O-])c2C)c1. The summed E-state index contributed by atoms with van der Waals surface area (Å²) in [5.74, 6) is 0. The molecule has 0 saturated heterocycles. The van der Waals surface area contributed by atoms with Crippen molar-refractivity contribution in [2.24, 2.45) is 0 Å². The van der Waals surface area contributed by atoms with Gasteiger partial charge in [-0.3, -0.25) is 10.1 Å². The van der Waals surface area contributed by atoms with E-state index < -0.39 is 0 Å². The summed E-state index contributed by atoms with van der Waals surface area (Å²) >= 11 is 0. The lowest BCUT2D eigenvalue weighted by atomic mass is 10.1. The molecule has 0 radical (unpaired) electrons. The molecule has 1 aromatic heterocycles. The average Bonchev–Trinajstić information content (AvgIpc) is 2.54. The van der Waals surface area contributed by atoms with Gasteiger partial charge in [-0.1, -0.05) is 29.8 Å². The number of hydrogen-bond acceptors (Lipinski definition) is 2. The number of aromatic nitrogens is 1. The standard InChI is InChI=1S/C14H16N2O2/c1-10-5-4-6-13(7-10)9-15-8-11(2)14(12(15)3)16(17)18/h4-8H,9H2,1-3H3. The van der Waals surface area contributed by atoms with Gasteiger partial charge in [0.2, 0.25) is 0 Å². The molecule has 0 saturated carbocycles. The van der Waals surface area contributed by atoms with E-state index in [0.717, 1.165) is 5.56 Å². The third-order valence-electron chi connectivity index (χ3n) is 3.11. The molecule has 4 nitrogen and oxygen atoms in total. The molecule has 0 N–H and O–H groups in total. The number of hydrogen-bond donors (Lipinski definition) is 0. The molecule has 0 fully saturated rings. The van der Waals surface area contributed by atoms with E-state index in [1.165, 1.54) is 5.56 Å². The lowest BCUT2D eigenvalue weighted by molar-refractivity contribution is -0.386. The van der Waals surface area contributed by atoms with E-state index in [2.05, 4.69) is 6.07 Å². The van der Waals surface area contributed by atoms with E-state index in [9.17, 15) is 10.1 Å². The summed E-state index contributed by atoms with van der Waals surface area (Å²) in [6, 6.07) is 8.18. The minimum Gasteiger partial charge on any atom is -0.341 e. The van der Waals surface area contributed by atoms with Gasteiger partial charge in [0.15, 0.2) is 0 Å². The van der Waals surface area contributed by atoms with Crippen molar-refractivity contribution >= 4 is 5.69 Å². The van der Waals surface area contributed by atoms with Crippen molar-refractivity contribution in [1.29, 1.82) is 0 Å². The Balaban J connectivity index is 2.36. The molecule has 0 unspecified atom stereocenters. The van der Waals surface area contributed by atoms with Crippen LogP contribution in [0.4, 0.5) is 5.69 Å². The summed E-state index contributed by atoms with van der Waals surface area (Å²) in [7, 11) is 0. The van der Waals surface area contributed by atoms with E-state index in [-0.39, 0.29) is 10.6 Å². The van der Waals surface area contributed by atoms with Gasteiger partial charge in [-0.15, -0.1) is 0 Å². The first-order valence-electron chi connectivity index (χ1n) is 5.85. The minimum absolute atomic E-state index is 0.225. The van der Waals surface area contributed by atoms with Crippen LogP contribution in [-0.4, -0.2) is 9.49 Å². The molecule has 0 aliphatic rings. The third-order valence-corrected chi connectivity index (χ3v) is 3.11. The van der Waals surface area contributed by atoms with E-state index >= 15 is 0 Å². The molecule has 0 aliphatic carbocycles. The second-order valence-corrected chi connectivity index (χ2v) is 4.62. The van der Waals surface area contributed by atoms with Crippen LogP contribution in [0.15, 0.2) is 30.5 Å². The Morgan fingerprint density at radius 3 is 2.56 bits per heavy atom. The van der Waals surface area contributed by atoms with Crippen molar-refractivity contribution in [3.63, 3.8) is 0 Å². The van der Waals surface area contributed by atoms with Crippen LogP contribution in [-0.2, 0) is 6.54 Å². The first kappa shape index (κ1) is 12.4. The fourth-order valence-corrected chi connectivity index (χ4v) is 2.26. The van der Waals surface area contributed by atoms with Gasteiger partial charge in [-0.2, -0.15) is 0 Å². The summed E-state index contributed by atoms with van der Waals surface area (Å²) in [5, 5.41) is 11.0. The zero-order chi connectivity index (χ0) is 13.3. The van der Waals surface area contributed by atoms with E-state index in [0.29, 0.717) is 17.8 Å². The Hall–Kier alpha value is -2.10. The molecule has 0 aliphatic heterocycles. The summed E-state index contributed by atoms with van der Waals surface area (Å²) in [6.07, 6.45) is 1.84. The topological polar surface area (TPSA) is 48.1 Å². The zero-order valence-corrected chi connectivity index (χ0v) is 10.8. The fourth-order valence-electron chi connectivity index (χ4n) is 2.26. The van der Waals surface area contributed by atoms with Crippen LogP contribution in [0.25, 0.3) is 0 Å². The van der Waals surface area contributed by atoms with Gasteiger partial charge in [0.1, 0.15) is 0 Å². The third kappa shape index (κ3) is 2.27. The Kier molecular flexibility index (Phi) is 3.19. The monoisotopic (exact) mass is 244 g/mol. The molecule has 0 bridgehead atoms. The van der Waals surface area contributed by atoms with Crippen LogP contribution in [0.2, 0.25) is 0 Å². The van der Waals surface area contributed by atoms with Crippen molar-refractivity contribution in [1.82, 2.24) is 4.57 Å². The number of aryl methyl sites for hydroxylation is 2. The predicted octanol–water partition coefficient (Wildman–Crippen LogP) is 3.37. The Labute approximate surface area is 106 Å². The molecule has 1 heterocycles. The highest BCUT2D eigenvalue weighted by atomic mass is 16.6. The van der Waals surface area contributed by atoms with Gasteiger partial charge < -0.3 is 4.57 Å².